The predicted molar refractivity (Wildman–Crippen MR) is 50.0 cm³/mol. The van der Waals surface area contributed by atoms with Crippen molar-refractivity contribution >= 4 is 12.1 Å². The molecule has 1 aliphatic rings. The molecule has 1 unspecified atom stereocenters. The van der Waals surface area contributed by atoms with Crippen molar-refractivity contribution in [1.29, 1.82) is 0 Å². The van der Waals surface area contributed by atoms with Gasteiger partial charge in [0.1, 0.15) is 6.61 Å². The lowest BCUT2D eigenvalue weighted by Crippen LogP contribution is -2.37. The van der Waals surface area contributed by atoms with Gasteiger partial charge in [-0.05, 0) is 0 Å². The molecule has 6 heteroatoms. The summed E-state index contributed by atoms with van der Waals surface area (Å²) in [6.45, 7) is 4.14. The minimum atomic E-state index is -0.575. The zero-order valence-electron chi connectivity index (χ0n) is 8.23. The number of amides is 1. The molecule has 6 nitrogen and oxygen atoms in total. The highest BCUT2D eigenvalue weighted by molar-refractivity contribution is 5.81. The molecule has 15 heavy (non-hydrogen) atoms. The van der Waals surface area contributed by atoms with Crippen LogP contribution in [0.25, 0.3) is 0 Å². The summed E-state index contributed by atoms with van der Waals surface area (Å²) in [5.74, 6) is -0.521. The van der Waals surface area contributed by atoms with Crippen LogP contribution in [0.2, 0.25) is 0 Å². The Morgan fingerprint density at radius 2 is 2.33 bits per heavy atom. The average Bonchev–Trinajstić information content (AvgIpc) is 2.18. The molecule has 0 spiro atoms. The molecule has 0 aromatic carbocycles. The van der Waals surface area contributed by atoms with Gasteiger partial charge in [-0.25, -0.2) is 9.59 Å². The van der Waals surface area contributed by atoms with Gasteiger partial charge in [-0.2, -0.15) is 0 Å². The van der Waals surface area contributed by atoms with E-state index in [4.69, 9.17) is 9.47 Å². The summed E-state index contributed by atoms with van der Waals surface area (Å²) >= 11 is 0. The quantitative estimate of drug-likeness (QED) is 0.402. The topological polar surface area (TPSA) is 73.9 Å². The molecule has 0 saturated carbocycles. The second kappa shape index (κ2) is 6.02. The molecule has 1 saturated heterocycles. The summed E-state index contributed by atoms with van der Waals surface area (Å²) in [6.07, 6.45) is 0.773. The molecule has 1 amide bonds. The molecule has 1 fully saturated rings. The van der Waals surface area contributed by atoms with Crippen LogP contribution >= 0.6 is 0 Å². The Hall–Kier alpha value is -1.56. The fourth-order valence-corrected chi connectivity index (χ4v) is 0.832. The Bertz CT molecular complexity index is 249. The van der Waals surface area contributed by atoms with Crippen molar-refractivity contribution in [3.05, 3.63) is 12.7 Å². The van der Waals surface area contributed by atoms with E-state index < -0.39 is 18.4 Å². The van der Waals surface area contributed by atoms with Gasteiger partial charge in [0.05, 0.1) is 13.2 Å². The van der Waals surface area contributed by atoms with Crippen LogP contribution in [0.5, 0.6) is 0 Å². The molecule has 1 atom stereocenters. The highest BCUT2D eigenvalue weighted by Crippen LogP contribution is 2.11. The van der Waals surface area contributed by atoms with Crippen LogP contribution in [-0.4, -0.2) is 38.1 Å². The molecule has 0 aliphatic carbocycles. The fraction of sp³-hybridized carbons (Fsp3) is 0.556. The number of carbonyl (C=O) groups excluding carboxylic acids is 2. The van der Waals surface area contributed by atoms with E-state index in [0.29, 0.717) is 6.61 Å². The smallest absolute Gasteiger partial charge is 0.409 e. The molecule has 1 N–H and O–H groups in total. The monoisotopic (exact) mass is 215 g/mol. The molecule has 0 bridgehead atoms. The predicted octanol–water partition coefficient (Wildman–Crippen LogP) is 0.188. The highest BCUT2D eigenvalue weighted by atomic mass is 16.7. The third-order valence-electron chi connectivity index (χ3n) is 1.68. The van der Waals surface area contributed by atoms with Crippen molar-refractivity contribution in [3.8, 4) is 0 Å². The van der Waals surface area contributed by atoms with Crippen molar-refractivity contribution in [3.63, 3.8) is 0 Å². The second-order valence-corrected chi connectivity index (χ2v) is 2.79. The Kier molecular flexibility index (Phi) is 4.62. The Balaban J connectivity index is 1.96. The number of hydrogen-bond donors (Lipinski definition) is 1. The van der Waals surface area contributed by atoms with E-state index in [9.17, 15) is 9.59 Å². The molecule has 1 aliphatic heterocycles. The lowest BCUT2D eigenvalue weighted by atomic mass is 10.3. The molecule has 0 radical (unpaired) electrons. The van der Waals surface area contributed by atoms with Crippen LogP contribution in [0.3, 0.4) is 0 Å². The van der Waals surface area contributed by atoms with Crippen molar-refractivity contribution in [2.24, 2.45) is 0 Å². The van der Waals surface area contributed by atoms with E-state index in [2.05, 4.69) is 16.6 Å². The number of alkyl carbamates (subject to hydrolysis) is 1. The van der Waals surface area contributed by atoms with Crippen LogP contribution < -0.4 is 5.32 Å². The summed E-state index contributed by atoms with van der Waals surface area (Å²) in [5.41, 5.74) is 0. The number of nitrogens with one attached hydrogen (secondary N) is 1. The van der Waals surface area contributed by atoms with E-state index in [1.165, 1.54) is 0 Å². The normalized spacial score (nSPS) is 18.5. The van der Waals surface area contributed by atoms with Crippen LogP contribution in [0, 0.1) is 0 Å². The van der Waals surface area contributed by atoms with Gasteiger partial charge in [0.25, 0.3) is 0 Å². The molecule has 84 valence electrons. The van der Waals surface area contributed by atoms with E-state index >= 15 is 0 Å². The van der Waals surface area contributed by atoms with Gasteiger partial charge in [-0.1, -0.05) is 6.58 Å². The summed E-state index contributed by atoms with van der Waals surface area (Å²) in [6, 6.07) is 0. The number of ether oxygens (including phenoxy) is 3. The van der Waals surface area contributed by atoms with E-state index in [1.807, 2.05) is 0 Å². The maximum atomic E-state index is 11.0. The Morgan fingerprint density at radius 1 is 1.60 bits per heavy atom. The average molecular weight is 215 g/mol. The fourth-order valence-electron chi connectivity index (χ4n) is 0.832. The van der Waals surface area contributed by atoms with Gasteiger partial charge < -0.3 is 19.5 Å². The molecule has 0 aromatic rings. The Morgan fingerprint density at radius 3 is 2.87 bits per heavy atom. The standard InChI is InChI=1S/C9H13NO5/c1-2-7(11)13-6-4-10-9(12)15-8-3-5-14-8/h2,8H,1,3-6H2,(H,10,12). The molecular weight excluding hydrogens is 202 g/mol. The minimum Gasteiger partial charge on any atom is -0.461 e. The highest BCUT2D eigenvalue weighted by Gasteiger charge is 2.21. The van der Waals surface area contributed by atoms with Crippen LogP contribution in [0.15, 0.2) is 12.7 Å². The number of esters is 1. The molecule has 0 aromatic heterocycles. The summed E-state index contributed by atoms with van der Waals surface area (Å²) < 4.78 is 14.3. The van der Waals surface area contributed by atoms with Gasteiger partial charge in [0.2, 0.25) is 6.29 Å². The maximum Gasteiger partial charge on any atom is 0.409 e. The van der Waals surface area contributed by atoms with Gasteiger partial charge in [0, 0.05) is 12.5 Å². The lowest BCUT2D eigenvalue weighted by molar-refractivity contribution is -0.182. The van der Waals surface area contributed by atoms with Crippen LogP contribution in [-0.2, 0) is 19.0 Å². The van der Waals surface area contributed by atoms with E-state index in [1.54, 1.807) is 0 Å². The van der Waals surface area contributed by atoms with Gasteiger partial charge in [-0.3, -0.25) is 0 Å². The number of carbonyl (C=O) groups is 2. The number of rotatable bonds is 5. The summed E-state index contributed by atoms with van der Waals surface area (Å²) in [5, 5.41) is 2.41. The second-order valence-electron chi connectivity index (χ2n) is 2.79. The van der Waals surface area contributed by atoms with Gasteiger partial charge in [-0.15, -0.1) is 0 Å². The van der Waals surface area contributed by atoms with Gasteiger partial charge >= 0.3 is 12.1 Å². The zero-order chi connectivity index (χ0) is 11.1. The first-order valence-corrected chi connectivity index (χ1v) is 4.57. The first-order valence-electron chi connectivity index (χ1n) is 4.57. The zero-order valence-corrected chi connectivity index (χ0v) is 8.23. The van der Waals surface area contributed by atoms with Crippen molar-refractivity contribution in [2.75, 3.05) is 19.8 Å². The van der Waals surface area contributed by atoms with Crippen molar-refractivity contribution in [1.82, 2.24) is 5.32 Å². The summed E-state index contributed by atoms with van der Waals surface area (Å²) in [7, 11) is 0. The maximum absolute atomic E-state index is 11.0. The van der Waals surface area contributed by atoms with E-state index in [0.717, 1.165) is 12.5 Å². The number of hydrogen-bond acceptors (Lipinski definition) is 5. The molecule has 1 heterocycles. The third kappa shape index (κ3) is 4.46. The molecule has 1 rings (SSSR count). The van der Waals surface area contributed by atoms with Gasteiger partial charge in [0.15, 0.2) is 0 Å². The SMILES string of the molecule is C=CC(=O)OCCNC(=O)OC1CCO1. The first-order chi connectivity index (χ1) is 7.22. The van der Waals surface area contributed by atoms with E-state index in [-0.39, 0.29) is 13.2 Å². The van der Waals surface area contributed by atoms with Crippen LogP contribution in [0.1, 0.15) is 6.42 Å². The third-order valence-corrected chi connectivity index (χ3v) is 1.68. The Labute approximate surface area is 87.2 Å². The molecular formula is C9H13NO5. The summed E-state index contributed by atoms with van der Waals surface area (Å²) in [4.78, 5) is 21.6. The largest absolute Gasteiger partial charge is 0.461 e. The van der Waals surface area contributed by atoms with Crippen molar-refractivity contribution < 1.29 is 23.8 Å². The lowest BCUT2D eigenvalue weighted by Gasteiger charge is -2.25. The van der Waals surface area contributed by atoms with Crippen molar-refractivity contribution in [2.45, 2.75) is 12.7 Å². The minimum absolute atomic E-state index is 0.0888. The first kappa shape index (κ1) is 11.5. The van der Waals surface area contributed by atoms with Crippen LogP contribution in [0.4, 0.5) is 4.79 Å².